The lowest BCUT2D eigenvalue weighted by molar-refractivity contribution is -0.127. The van der Waals surface area contributed by atoms with E-state index in [0.717, 1.165) is 24.5 Å². The number of hydrogen-bond donors (Lipinski definition) is 1. The number of amides is 2. The van der Waals surface area contributed by atoms with Crippen LogP contribution in [0.5, 0.6) is 0 Å². The van der Waals surface area contributed by atoms with Crippen LogP contribution >= 0.6 is 11.3 Å². The maximum Gasteiger partial charge on any atom is 0.275 e. The Hall–Kier alpha value is -3.43. The number of aliphatic hydroxyl groups is 1. The summed E-state index contributed by atoms with van der Waals surface area (Å²) < 4.78 is 31.3. The zero-order valence-electron chi connectivity index (χ0n) is 21.8. The number of nitrogens with zero attached hydrogens (tertiary/aromatic N) is 3. The minimum atomic E-state index is -3.30. The van der Waals surface area contributed by atoms with E-state index in [0.29, 0.717) is 46.7 Å². The molecule has 1 saturated heterocycles. The third-order valence-corrected chi connectivity index (χ3v) is 8.71. The van der Waals surface area contributed by atoms with Gasteiger partial charge in [-0.2, -0.15) is 0 Å². The summed E-state index contributed by atoms with van der Waals surface area (Å²) >= 11 is 1.25. The Kier molecular flexibility index (Phi) is 7.91. The topological polar surface area (TPSA) is 73.7 Å². The van der Waals surface area contributed by atoms with Crippen LogP contribution in [-0.4, -0.2) is 59.0 Å². The van der Waals surface area contributed by atoms with Gasteiger partial charge in [-0.3, -0.25) is 9.59 Å². The van der Waals surface area contributed by atoms with Crippen LogP contribution in [0.1, 0.15) is 46.6 Å². The Labute approximate surface area is 230 Å². The van der Waals surface area contributed by atoms with Gasteiger partial charge in [0, 0.05) is 55.4 Å². The van der Waals surface area contributed by atoms with Crippen LogP contribution < -0.4 is 4.90 Å². The Balaban J connectivity index is 1.46. The molecule has 39 heavy (non-hydrogen) atoms. The van der Waals surface area contributed by atoms with Crippen LogP contribution in [-0.2, 0) is 4.79 Å². The number of aryl methyl sites for hydroxylation is 1. The normalized spacial score (nSPS) is 18.6. The quantitative estimate of drug-likeness (QED) is 0.407. The van der Waals surface area contributed by atoms with Gasteiger partial charge < -0.3 is 14.9 Å². The minimum Gasteiger partial charge on any atom is -0.396 e. The van der Waals surface area contributed by atoms with E-state index in [1.54, 1.807) is 36.1 Å². The Bertz CT molecular complexity index is 1380. The molecule has 0 unspecified atom stereocenters. The summed E-state index contributed by atoms with van der Waals surface area (Å²) in [6.45, 7) is 2.61. The fourth-order valence-electron chi connectivity index (χ4n) is 5.30. The second kappa shape index (κ2) is 11.4. The Morgan fingerprint density at radius 2 is 1.77 bits per heavy atom. The van der Waals surface area contributed by atoms with Crippen LogP contribution in [0.4, 0.5) is 14.5 Å². The molecule has 6 nitrogen and oxygen atoms in total. The number of rotatable bonds is 5. The SMILES string of the molecule is Cc1nc(-c2ccccc2)sc1C(=O)N1CCC(F)(F)C(=CC(=O)N2CCC(CCO)CC2)c2ccccc21. The average molecular weight is 552 g/mol. The van der Waals surface area contributed by atoms with E-state index in [2.05, 4.69) is 4.98 Å². The van der Waals surface area contributed by atoms with Gasteiger partial charge in [0.15, 0.2) is 0 Å². The molecule has 2 aliphatic heterocycles. The highest BCUT2D eigenvalue weighted by molar-refractivity contribution is 7.17. The van der Waals surface area contributed by atoms with Gasteiger partial charge in [-0.1, -0.05) is 48.5 Å². The number of piperidine rings is 1. The van der Waals surface area contributed by atoms with Crippen LogP contribution in [0.3, 0.4) is 0 Å². The van der Waals surface area contributed by atoms with E-state index in [4.69, 9.17) is 0 Å². The van der Waals surface area contributed by atoms with E-state index in [9.17, 15) is 14.7 Å². The molecule has 3 aromatic rings. The van der Waals surface area contributed by atoms with Crippen molar-refractivity contribution in [3.63, 3.8) is 0 Å². The number of likely N-dealkylation sites (tertiary alicyclic amines) is 1. The summed E-state index contributed by atoms with van der Waals surface area (Å²) in [5.74, 6) is -3.79. The summed E-state index contributed by atoms with van der Waals surface area (Å²) in [4.78, 5) is 34.9. The fourth-order valence-corrected chi connectivity index (χ4v) is 6.32. The molecular weight excluding hydrogens is 520 g/mol. The molecule has 9 heteroatoms. The molecule has 1 fully saturated rings. The van der Waals surface area contributed by atoms with Gasteiger partial charge in [0.1, 0.15) is 9.88 Å². The van der Waals surface area contributed by atoms with E-state index in [1.165, 1.54) is 16.2 Å². The molecular formula is C30H31F2N3O3S. The van der Waals surface area contributed by atoms with Crippen molar-refractivity contribution in [2.45, 2.75) is 38.5 Å². The lowest BCUT2D eigenvalue weighted by Gasteiger charge is -2.31. The van der Waals surface area contributed by atoms with Crippen LogP contribution in [0.25, 0.3) is 16.1 Å². The van der Waals surface area contributed by atoms with Crippen LogP contribution in [0, 0.1) is 12.8 Å². The van der Waals surface area contributed by atoms with Crippen molar-refractivity contribution < 1.29 is 23.5 Å². The Morgan fingerprint density at radius 3 is 2.49 bits per heavy atom. The third kappa shape index (κ3) is 5.65. The fraction of sp³-hybridized carbons (Fsp3) is 0.367. The number of aliphatic hydroxyl groups excluding tert-OH is 1. The van der Waals surface area contributed by atoms with Crippen molar-refractivity contribution in [2.75, 3.05) is 31.1 Å². The second-order valence-electron chi connectivity index (χ2n) is 10.1. The zero-order chi connectivity index (χ0) is 27.6. The average Bonchev–Trinajstić information content (AvgIpc) is 3.29. The maximum atomic E-state index is 15.6. The first-order valence-electron chi connectivity index (χ1n) is 13.2. The largest absolute Gasteiger partial charge is 0.396 e. The predicted molar refractivity (Wildman–Crippen MR) is 149 cm³/mol. The van der Waals surface area contributed by atoms with Crippen molar-refractivity contribution in [1.82, 2.24) is 9.88 Å². The third-order valence-electron chi connectivity index (χ3n) is 7.52. The lowest BCUT2D eigenvalue weighted by Crippen LogP contribution is -2.38. The van der Waals surface area contributed by atoms with Gasteiger partial charge in [0.2, 0.25) is 5.91 Å². The molecule has 1 N–H and O–H groups in total. The molecule has 2 aromatic carbocycles. The van der Waals surface area contributed by atoms with Gasteiger partial charge in [-0.15, -0.1) is 11.3 Å². The van der Waals surface area contributed by atoms with Crippen LogP contribution in [0.2, 0.25) is 0 Å². The molecule has 0 spiro atoms. The molecule has 5 rings (SSSR count). The predicted octanol–water partition coefficient (Wildman–Crippen LogP) is 5.81. The molecule has 2 aliphatic rings. The highest BCUT2D eigenvalue weighted by Gasteiger charge is 2.42. The van der Waals surface area contributed by atoms with Gasteiger partial charge >= 0.3 is 0 Å². The number of fused-ring (bicyclic) bond motifs is 1. The van der Waals surface area contributed by atoms with Crippen molar-refractivity contribution in [1.29, 1.82) is 0 Å². The highest BCUT2D eigenvalue weighted by atomic mass is 32.1. The van der Waals surface area contributed by atoms with E-state index in [-0.39, 0.29) is 30.2 Å². The molecule has 2 amide bonds. The van der Waals surface area contributed by atoms with E-state index in [1.807, 2.05) is 30.3 Å². The standard InChI is InChI=1S/C30H31F2N3O3S/c1-20-27(39-28(33-20)22-7-3-2-4-8-22)29(38)35-17-14-30(31,32)24(23-9-5-6-10-25(23)35)19-26(37)34-15-11-21(12-16-34)13-18-36/h2-10,19,21,36H,11-18H2,1H3. The number of halogens is 2. The van der Waals surface area contributed by atoms with Gasteiger partial charge in [-0.05, 0) is 38.2 Å². The molecule has 3 heterocycles. The molecule has 0 radical (unpaired) electrons. The Morgan fingerprint density at radius 1 is 1.08 bits per heavy atom. The second-order valence-corrected chi connectivity index (χ2v) is 11.1. The van der Waals surface area contributed by atoms with Crippen molar-refractivity contribution in [3.05, 3.63) is 76.8 Å². The van der Waals surface area contributed by atoms with Crippen molar-refractivity contribution in [2.24, 2.45) is 5.92 Å². The molecule has 1 aromatic heterocycles. The summed E-state index contributed by atoms with van der Waals surface area (Å²) in [6.07, 6.45) is 2.62. The summed E-state index contributed by atoms with van der Waals surface area (Å²) in [5, 5.41) is 9.88. The molecule has 0 saturated carbocycles. The van der Waals surface area contributed by atoms with Crippen molar-refractivity contribution >= 4 is 34.4 Å². The monoisotopic (exact) mass is 551 g/mol. The van der Waals surface area contributed by atoms with Gasteiger partial charge in [0.25, 0.3) is 11.8 Å². The number of carbonyl (C=O) groups is 2. The van der Waals surface area contributed by atoms with Gasteiger partial charge in [0.05, 0.1) is 11.4 Å². The van der Waals surface area contributed by atoms with Crippen molar-refractivity contribution in [3.8, 4) is 10.6 Å². The number of thiazole rings is 1. The highest BCUT2D eigenvalue weighted by Crippen LogP contribution is 2.44. The smallest absolute Gasteiger partial charge is 0.275 e. The number of carbonyl (C=O) groups excluding carboxylic acids is 2. The number of anilines is 1. The molecule has 0 bridgehead atoms. The van der Waals surface area contributed by atoms with Crippen LogP contribution in [0.15, 0.2) is 60.7 Å². The minimum absolute atomic E-state index is 0.107. The number of aromatic nitrogens is 1. The molecule has 0 atom stereocenters. The first kappa shape index (κ1) is 27.1. The first-order valence-corrected chi connectivity index (χ1v) is 14.0. The first-order chi connectivity index (χ1) is 18.8. The van der Waals surface area contributed by atoms with Gasteiger partial charge in [-0.25, -0.2) is 13.8 Å². The molecule has 0 aliphatic carbocycles. The summed E-state index contributed by atoms with van der Waals surface area (Å²) in [7, 11) is 0. The summed E-state index contributed by atoms with van der Waals surface area (Å²) in [6, 6.07) is 16.1. The van der Waals surface area contributed by atoms with E-state index >= 15 is 8.78 Å². The number of benzene rings is 2. The van der Waals surface area contributed by atoms with E-state index < -0.39 is 18.3 Å². The summed E-state index contributed by atoms with van der Waals surface area (Å²) in [5.41, 5.74) is 1.61. The zero-order valence-corrected chi connectivity index (χ0v) is 22.6. The number of alkyl halides is 2. The number of para-hydroxylation sites is 1. The lowest BCUT2D eigenvalue weighted by atomic mass is 9.93. The number of hydrogen-bond acceptors (Lipinski definition) is 5. The maximum absolute atomic E-state index is 15.6. The number of allylic oxidation sites excluding steroid dienone is 1. The molecule has 204 valence electrons.